The van der Waals surface area contributed by atoms with Gasteiger partial charge in [0.2, 0.25) is 0 Å². The maximum Gasteiger partial charge on any atom is 0.254 e. The SMILES string of the molecule is CSc1ccc(C(=O)N2CCCC2CN2CCCC2)cc1. The van der Waals surface area contributed by atoms with Crippen LogP contribution in [-0.2, 0) is 0 Å². The number of nitrogens with zero attached hydrogens (tertiary/aromatic N) is 2. The molecule has 1 amide bonds. The molecule has 0 saturated carbocycles. The van der Waals surface area contributed by atoms with Gasteiger partial charge in [-0.25, -0.2) is 0 Å². The fourth-order valence-corrected chi connectivity index (χ4v) is 3.86. The van der Waals surface area contributed by atoms with Crippen LogP contribution in [0.1, 0.15) is 36.0 Å². The van der Waals surface area contributed by atoms with Crippen molar-refractivity contribution in [3.05, 3.63) is 29.8 Å². The molecule has 1 atom stereocenters. The first kappa shape index (κ1) is 14.9. The lowest BCUT2D eigenvalue weighted by Gasteiger charge is -2.28. The molecule has 0 radical (unpaired) electrons. The number of hydrogen-bond donors (Lipinski definition) is 0. The van der Waals surface area contributed by atoms with Gasteiger partial charge in [0.15, 0.2) is 0 Å². The average molecular weight is 304 g/mol. The molecule has 0 aliphatic carbocycles. The molecule has 2 fully saturated rings. The molecule has 2 saturated heterocycles. The van der Waals surface area contributed by atoms with Gasteiger partial charge in [-0.3, -0.25) is 4.79 Å². The summed E-state index contributed by atoms with van der Waals surface area (Å²) < 4.78 is 0. The number of carbonyl (C=O) groups excluding carboxylic acids is 1. The summed E-state index contributed by atoms with van der Waals surface area (Å²) in [5.41, 5.74) is 0.834. The van der Waals surface area contributed by atoms with E-state index in [1.807, 2.05) is 24.3 Å². The summed E-state index contributed by atoms with van der Waals surface area (Å²) >= 11 is 1.71. The lowest BCUT2D eigenvalue weighted by molar-refractivity contribution is 0.0708. The van der Waals surface area contributed by atoms with E-state index < -0.39 is 0 Å². The molecular weight excluding hydrogens is 280 g/mol. The highest BCUT2D eigenvalue weighted by atomic mass is 32.2. The first-order valence-electron chi connectivity index (χ1n) is 7.95. The van der Waals surface area contributed by atoms with E-state index in [-0.39, 0.29) is 5.91 Å². The summed E-state index contributed by atoms with van der Waals surface area (Å²) in [6.45, 7) is 4.40. The monoisotopic (exact) mass is 304 g/mol. The summed E-state index contributed by atoms with van der Waals surface area (Å²) in [6, 6.07) is 8.45. The van der Waals surface area contributed by atoms with Crippen LogP contribution in [0.25, 0.3) is 0 Å². The second-order valence-electron chi connectivity index (χ2n) is 6.03. The Morgan fingerprint density at radius 2 is 1.86 bits per heavy atom. The van der Waals surface area contributed by atoms with E-state index in [9.17, 15) is 4.79 Å². The average Bonchev–Trinajstić information content (AvgIpc) is 3.19. The predicted molar refractivity (Wildman–Crippen MR) is 88.0 cm³/mol. The van der Waals surface area contributed by atoms with Gasteiger partial charge in [-0.2, -0.15) is 0 Å². The number of carbonyl (C=O) groups is 1. The topological polar surface area (TPSA) is 23.6 Å². The summed E-state index contributed by atoms with van der Waals surface area (Å²) in [5.74, 6) is 0.212. The molecule has 2 aliphatic rings. The van der Waals surface area contributed by atoms with Gasteiger partial charge in [0.25, 0.3) is 5.91 Å². The van der Waals surface area contributed by atoms with Crippen LogP contribution in [0.15, 0.2) is 29.2 Å². The highest BCUT2D eigenvalue weighted by molar-refractivity contribution is 7.98. The van der Waals surface area contributed by atoms with Crippen LogP contribution in [0, 0.1) is 0 Å². The van der Waals surface area contributed by atoms with Crippen LogP contribution in [0.5, 0.6) is 0 Å². The lowest BCUT2D eigenvalue weighted by Crippen LogP contribution is -2.42. The summed E-state index contributed by atoms with van der Waals surface area (Å²) in [5, 5.41) is 0. The number of thioether (sulfide) groups is 1. The van der Waals surface area contributed by atoms with Crippen molar-refractivity contribution in [2.45, 2.75) is 36.6 Å². The third-order valence-electron chi connectivity index (χ3n) is 4.64. The molecule has 0 aromatic heterocycles. The van der Waals surface area contributed by atoms with Crippen molar-refractivity contribution in [1.29, 1.82) is 0 Å². The third-order valence-corrected chi connectivity index (χ3v) is 5.39. The van der Waals surface area contributed by atoms with Gasteiger partial charge in [0.05, 0.1) is 0 Å². The van der Waals surface area contributed by atoms with Crippen LogP contribution in [0.2, 0.25) is 0 Å². The smallest absolute Gasteiger partial charge is 0.254 e. The Morgan fingerprint density at radius 3 is 2.52 bits per heavy atom. The van der Waals surface area contributed by atoms with Crippen LogP contribution >= 0.6 is 11.8 Å². The first-order chi connectivity index (χ1) is 10.3. The summed E-state index contributed by atoms with van der Waals surface area (Å²) in [7, 11) is 0. The second kappa shape index (κ2) is 6.84. The number of rotatable bonds is 4. The van der Waals surface area contributed by atoms with Crippen molar-refractivity contribution in [2.24, 2.45) is 0 Å². The Bertz CT molecular complexity index is 482. The lowest BCUT2D eigenvalue weighted by atomic mass is 10.1. The minimum Gasteiger partial charge on any atom is -0.334 e. The molecule has 1 aromatic rings. The zero-order chi connectivity index (χ0) is 14.7. The highest BCUT2D eigenvalue weighted by Crippen LogP contribution is 2.23. The molecule has 4 heteroatoms. The standard InChI is InChI=1S/C17H24N2OS/c1-21-16-8-6-14(7-9-16)17(20)19-12-4-5-15(19)13-18-10-2-3-11-18/h6-9,15H,2-5,10-13H2,1H3. The molecule has 114 valence electrons. The van der Waals surface area contributed by atoms with Crippen LogP contribution in [0.4, 0.5) is 0 Å². The molecule has 0 N–H and O–H groups in total. The van der Waals surface area contributed by atoms with Crippen LogP contribution < -0.4 is 0 Å². The third kappa shape index (κ3) is 3.43. The minimum absolute atomic E-state index is 0.212. The molecule has 21 heavy (non-hydrogen) atoms. The van der Waals surface area contributed by atoms with Crippen molar-refractivity contribution in [3.63, 3.8) is 0 Å². The van der Waals surface area contributed by atoms with E-state index in [0.717, 1.165) is 31.5 Å². The normalized spacial score (nSPS) is 22.9. The van der Waals surface area contributed by atoms with Crippen molar-refractivity contribution >= 4 is 17.7 Å². The van der Waals surface area contributed by atoms with Gasteiger partial charge in [-0.05, 0) is 69.3 Å². The molecule has 3 nitrogen and oxygen atoms in total. The summed E-state index contributed by atoms with van der Waals surface area (Å²) in [4.78, 5) is 18.6. The number of amides is 1. The molecule has 3 rings (SSSR count). The fraction of sp³-hybridized carbons (Fsp3) is 0.588. The van der Waals surface area contributed by atoms with Gasteiger partial charge < -0.3 is 9.80 Å². The molecule has 1 unspecified atom stereocenters. The molecule has 0 bridgehead atoms. The zero-order valence-electron chi connectivity index (χ0n) is 12.8. The van der Waals surface area contributed by atoms with Gasteiger partial charge in [0, 0.05) is 29.6 Å². The molecule has 2 heterocycles. The summed E-state index contributed by atoms with van der Waals surface area (Å²) in [6.07, 6.45) is 7.00. The Hall–Kier alpha value is -1.00. The number of likely N-dealkylation sites (tertiary alicyclic amines) is 2. The Labute approximate surface area is 131 Å². The maximum absolute atomic E-state index is 12.7. The first-order valence-corrected chi connectivity index (χ1v) is 9.18. The van der Waals surface area contributed by atoms with Crippen molar-refractivity contribution < 1.29 is 4.79 Å². The molecular formula is C17H24N2OS. The van der Waals surface area contributed by atoms with E-state index in [0.29, 0.717) is 6.04 Å². The fourth-order valence-electron chi connectivity index (χ4n) is 3.46. The number of hydrogen-bond acceptors (Lipinski definition) is 3. The molecule has 0 spiro atoms. The van der Waals surface area contributed by atoms with Crippen molar-refractivity contribution in [1.82, 2.24) is 9.80 Å². The van der Waals surface area contributed by atoms with E-state index in [2.05, 4.69) is 16.1 Å². The Kier molecular flexibility index (Phi) is 4.86. The van der Waals surface area contributed by atoms with Gasteiger partial charge in [0.1, 0.15) is 0 Å². The maximum atomic E-state index is 12.7. The highest BCUT2D eigenvalue weighted by Gasteiger charge is 2.31. The van der Waals surface area contributed by atoms with E-state index >= 15 is 0 Å². The van der Waals surface area contributed by atoms with Gasteiger partial charge in [-0.15, -0.1) is 11.8 Å². The van der Waals surface area contributed by atoms with Gasteiger partial charge in [-0.1, -0.05) is 0 Å². The van der Waals surface area contributed by atoms with Crippen LogP contribution in [-0.4, -0.2) is 54.2 Å². The van der Waals surface area contributed by atoms with Gasteiger partial charge >= 0.3 is 0 Å². The largest absolute Gasteiger partial charge is 0.334 e. The molecule has 2 aliphatic heterocycles. The zero-order valence-corrected chi connectivity index (χ0v) is 13.6. The van der Waals surface area contributed by atoms with E-state index in [4.69, 9.17) is 0 Å². The molecule has 1 aromatic carbocycles. The minimum atomic E-state index is 0.212. The van der Waals surface area contributed by atoms with E-state index in [1.165, 1.54) is 30.8 Å². The van der Waals surface area contributed by atoms with Crippen LogP contribution in [0.3, 0.4) is 0 Å². The second-order valence-corrected chi connectivity index (χ2v) is 6.91. The Balaban J connectivity index is 1.66. The quantitative estimate of drug-likeness (QED) is 0.799. The number of benzene rings is 1. The van der Waals surface area contributed by atoms with E-state index in [1.54, 1.807) is 11.8 Å². The Morgan fingerprint density at radius 1 is 1.14 bits per heavy atom. The predicted octanol–water partition coefficient (Wildman–Crippen LogP) is 3.11. The van der Waals surface area contributed by atoms with Crippen molar-refractivity contribution in [3.8, 4) is 0 Å². The van der Waals surface area contributed by atoms with Crippen molar-refractivity contribution in [2.75, 3.05) is 32.4 Å².